The third kappa shape index (κ3) is 4.80. The highest BCUT2D eigenvalue weighted by molar-refractivity contribution is 7.88. The molecule has 0 saturated carbocycles. The molecule has 17 heavy (non-hydrogen) atoms. The molecule has 3 N–H and O–H groups in total. The minimum atomic E-state index is -3.31. The van der Waals surface area contributed by atoms with Crippen molar-refractivity contribution in [2.45, 2.75) is 25.6 Å². The number of benzene rings is 1. The molecule has 6 heteroatoms. The Bertz CT molecular complexity index is 510. The van der Waals surface area contributed by atoms with Crippen LogP contribution in [0.4, 0.5) is 0 Å². The topological polar surface area (TPSA) is 72.2 Å². The first-order valence-electron chi connectivity index (χ1n) is 5.19. The van der Waals surface area contributed by atoms with E-state index in [-0.39, 0.29) is 16.8 Å². The van der Waals surface area contributed by atoms with Crippen LogP contribution >= 0.6 is 12.2 Å². The quantitative estimate of drug-likeness (QED) is 0.789. The molecule has 0 heterocycles. The molecule has 1 aromatic rings. The van der Waals surface area contributed by atoms with Crippen molar-refractivity contribution in [3.05, 3.63) is 35.4 Å². The Hall–Kier alpha value is -0.980. The largest absolute Gasteiger partial charge is 0.389 e. The zero-order valence-corrected chi connectivity index (χ0v) is 11.4. The molecule has 0 bridgehead atoms. The summed E-state index contributed by atoms with van der Waals surface area (Å²) in [7, 11) is -3.31. The molecule has 0 aromatic heterocycles. The Morgan fingerprint density at radius 2 is 2.12 bits per heavy atom. The van der Waals surface area contributed by atoms with Gasteiger partial charge in [0.15, 0.2) is 0 Å². The first kappa shape index (κ1) is 14.1. The van der Waals surface area contributed by atoms with E-state index in [9.17, 15) is 8.42 Å². The number of sulfonamides is 1. The van der Waals surface area contributed by atoms with Crippen molar-refractivity contribution in [1.82, 2.24) is 4.72 Å². The Kier molecular flexibility index (Phi) is 4.62. The van der Waals surface area contributed by atoms with E-state index in [1.807, 2.05) is 0 Å². The lowest BCUT2D eigenvalue weighted by Crippen LogP contribution is -2.31. The molecular weight excluding hydrogens is 256 g/mol. The second-order valence-corrected chi connectivity index (χ2v) is 6.29. The Morgan fingerprint density at radius 3 is 2.65 bits per heavy atom. The molecule has 0 atom stereocenters. The van der Waals surface area contributed by atoms with Gasteiger partial charge in [-0.1, -0.05) is 30.4 Å². The SMILES string of the molecule is CC(C)NS(=O)(=O)Cc1cccc(C(N)=S)c1. The highest BCUT2D eigenvalue weighted by atomic mass is 32.2. The minimum absolute atomic E-state index is 0.0678. The minimum Gasteiger partial charge on any atom is -0.389 e. The fourth-order valence-corrected chi connectivity index (χ4v) is 2.98. The van der Waals surface area contributed by atoms with Crippen molar-refractivity contribution in [2.75, 3.05) is 0 Å². The lowest BCUT2D eigenvalue weighted by Gasteiger charge is -2.10. The van der Waals surface area contributed by atoms with Crippen LogP contribution in [0, 0.1) is 0 Å². The van der Waals surface area contributed by atoms with E-state index in [2.05, 4.69) is 4.72 Å². The van der Waals surface area contributed by atoms with E-state index in [0.29, 0.717) is 11.1 Å². The van der Waals surface area contributed by atoms with Gasteiger partial charge in [-0.05, 0) is 25.5 Å². The first-order chi connectivity index (χ1) is 7.80. The third-order valence-electron chi connectivity index (χ3n) is 1.98. The van der Waals surface area contributed by atoms with Crippen LogP contribution < -0.4 is 10.5 Å². The van der Waals surface area contributed by atoms with Crippen molar-refractivity contribution < 1.29 is 8.42 Å². The maximum absolute atomic E-state index is 11.7. The van der Waals surface area contributed by atoms with E-state index >= 15 is 0 Å². The maximum Gasteiger partial charge on any atom is 0.216 e. The summed E-state index contributed by atoms with van der Waals surface area (Å²) in [6.07, 6.45) is 0. The van der Waals surface area contributed by atoms with Gasteiger partial charge in [-0.25, -0.2) is 13.1 Å². The summed E-state index contributed by atoms with van der Waals surface area (Å²) < 4.78 is 26.0. The molecule has 0 saturated heterocycles. The fourth-order valence-electron chi connectivity index (χ4n) is 1.43. The number of hydrogen-bond donors (Lipinski definition) is 2. The van der Waals surface area contributed by atoms with Crippen LogP contribution in [0.15, 0.2) is 24.3 Å². The summed E-state index contributed by atoms with van der Waals surface area (Å²) in [6.45, 7) is 3.56. The van der Waals surface area contributed by atoms with Crippen LogP contribution in [0.2, 0.25) is 0 Å². The normalized spacial score (nSPS) is 11.7. The van der Waals surface area contributed by atoms with Crippen molar-refractivity contribution in [2.24, 2.45) is 5.73 Å². The van der Waals surface area contributed by atoms with Crippen molar-refractivity contribution in [3.63, 3.8) is 0 Å². The molecule has 94 valence electrons. The van der Waals surface area contributed by atoms with Gasteiger partial charge in [-0.15, -0.1) is 0 Å². The number of thiocarbonyl (C=S) groups is 1. The van der Waals surface area contributed by atoms with Gasteiger partial charge in [0, 0.05) is 11.6 Å². The van der Waals surface area contributed by atoms with Gasteiger partial charge in [-0.3, -0.25) is 0 Å². The van der Waals surface area contributed by atoms with Gasteiger partial charge >= 0.3 is 0 Å². The number of hydrogen-bond acceptors (Lipinski definition) is 3. The van der Waals surface area contributed by atoms with Gasteiger partial charge in [-0.2, -0.15) is 0 Å². The summed E-state index contributed by atoms with van der Waals surface area (Å²) in [5, 5.41) is 0. The lowest BCUT2D eigenvalue weighted by atomic mass is 10.1. The average molecular weight is 272 g/mol. The molecule has 1 rings (SSSR count). The second kappa shape index (κ2) is 5.57. The summed E-state index contributed by atoms with van der Waals surface area (Å²) >= 11 is 4.85. The van der Waals surface area contributed by atoms with E-state index in [4.69, 9.17) is 18.0 Å². The molecule has 0 aliphatic heterocycles. The highest BCUT2D eigenvalue weighted by Crippen LogP contribution is 2.09. The summed E-state index contributed by atoms with van der Waals surface area (Å²) in [5.74, 6) is -0.0678. The van der Waals surface area contributed by atoms with Gasteiger partial charge < -0.3 is 5.73 Å². The summed E-state index contributed by atoms with van der Waals surface area (Å²) in [4.78, 5) is 0.265. The van der Waals surface area contributed by atoms with Crippen molar-refractivity contribution in [3.8, 4) is 0 Å². The predicted molar refractivity (Wildman–Crippen MR) is 73.2 cm³/mol. The first-order valence-corrected chi connectivity index (χ1v) is 7.25. The molecular formula is C11H16N2O2S2. The Morgan fingerprint density at radius 1 is 1.47 bits per heavy atom. The Balaban J connectivity index is 2.89. The van der Waals surface area contributed by atoms with Crippen LogP contribution in [0.1, 0.15) is 25.0 Å². The van der Waals surface area contributed by atoms with Crippen LogP contribution in [0.5, 0.6) is 0 Å². The predicted octanol–water partition coefficient (Wildman–Crippen LogP) is 1.15. The standard InChI is InChI=1S/C11H16N2O2S2/c1-8(2)13-17(14,15)7-9-4-3-5-10(6-9)11(12)16/h3-6,8,13H,7H2,1-2H3,(H2,12,16). The molecule has 0 fully saturated rings. The zero-order valence-electron chi connectivity index (χ0n) is 9.80. The van der Waals surface area contributed by atoms with Gasteiger partial charge in [0.1, 0.15) is 4.99 Å². The van der Waals surface area contributed by atoms with Crippen LogP contribution in [0.25, 0.3) is 0 Å². The monoisotopic (exact) mass is 272 g/mol. The molecule has 1 aromatic carbocycles. The molecule has 0 aliphatic carbocycles. The average Bonchev–Trinajstić information content (AvgIpc) is 2.14. The van der Waals surface area contributed by atoms with Crippen molar-refractivity contribution in [1.29, 1.82) is 0 Å². The second-order valence-electron chi connectivity index (χ2n) is 4.10. The Labute approximate surface area is 107 Å². The fraction of sp³-hybridized carbons (Fsp3) is 0.364. The van der Waals surface area contributed by atoms with E-state index in [1.165, 1.54) is 0 Å². The number of rotatable bonds is 5. The van der Waals surface area contributed by atoms with Crippen LogP contribution in [-0.4, -0.2) is 19.4 Å². The van der Waals surface area contributed by atoms with E-state index in [0.717, 1.165) is 0 Å². The highest BCUT2D eigenvalue weighted by Gasteiger charge is 2.13. The smallest absolute Gasteiger partial charge is 0.216 e. The zero-order chi connectivity index (χ0) is 13.1. The van der Waals surface area contributed by atoms with Crippen LogP contribution in [-0.2, 0) is 15.8 Å². The van der Waals surface area contributed by atoms with Gasteiger partial charge in [0.25, 0.3) is 0 Å². The van der Waals surface area contributed by atoms with Crippen molar-refractivity contribution >= 4 is 27.2 Å². The summed E-state index contributed by atoms with van der Waals surface area (Å²) in [5.41, 5.74) is 6.84. The van der Waals surface area contributed by atoms with Crippen LogP contribution in [0.3, 0.4) is 0 Å². The van der Waals surface area contributed by atoms with Gasteiger partial charge in [0.05, 0.1) is 5.75 Å². The molecule has 4 nitrogen and oxygen atoms in total. The maximum atomic E-state index is 11.7. The molecule has 0 aliphatic rings. The third-order valence-corrected chi connectivity index (χ3v) is 3.76. The molecule has 0 radical (unpaired) electrons. The molecule has 0 unspecified atom stereocenters. The number of nitrogens with two attached hydrogens (primary N) is 1. The molecule has 0 amide bonds. The van der Waals surface area contributed by atoms with E-state index in [1.54, 1.807) is 38.1 Å². The number of nitrogens with one attached hydrogen (secondary N) is 1. The van der Waals surface area contributed by atoms with Gasteiger partial charge in [0.2, 0.25) is 10.0 Å². The summed E-state index contributed by atoms with van der Waals surface area (Å²) in [6, 6.07) is 6.82. The lowest BCUT2D eigenvalue weighted by molar-refractivity contribution is 0.569. The van der Waals surface area contributed by atoms with E-state index < -0.39 is 10.0 Å². The molecule has 0 spiro atoms.